The van der Waals surface area contributed by atoms with Crippen molar-refractivity contribution in [3.05, 3.63) is 81.3 Å². The van der Waals surface area contributed by atoms with E-state index in [4.69, 9.17) is 0 Å². The van der Waals surface area contributed by atoms with E-state index < -0.39 is 11.7 Å². The first-order chi connectivity index (χ1) is 14.4. The fourth-order valence-corrected chi connectivity index (χ4v) is 4.65. The second-order valence-electron chi connectivity index (χ2n) is 7.37. The molecule has 1 aliphatic rings. The van der Waals surface area contributed by atoms with Gasteiger partial charge in [0.1, 0.15) is 10.0 Å². The van der Waals surface area contributed by atoms with Gasteiger partial charge in [-0.3, -0.25) is 4.79 Å². The number of nitrogens with zero attached hydrogens (tertiary/aromatic N) is 3. The van der Waals surface area contributed by atoms with Gasteiger partial charge in [-0.25, -0.2) is 0 Å². The van der Waals surface area contributed by atoms with E-state index in [0.717, 1.165) is 40.6 Å². The van der Waals surface area contributed by atoms with Gasteiger partial charge in [0.25, 0.3) is 5.91 Å². The molecule has 0 bridgehead atoms. The summed E-state index contributed by atoms with van der Waals surface area (Å²) >= 11 is 1.54. The number of halogens is 3. The summed E-state index contributed by atoms with van der Waals surface area (Å²) in [5.74, 6) is -0.324. The van der Waals surface area contributed by atoms with E-state index in [1.807, 2.05) is 30.3 Å². The van der Waals surface area contributed by atoms with Gasteiger partial charge in [0, 0.05) is 31.0 Å². The number of hydrogen-bond donors (Lipinski definition) is 0. The quantitative estimate of drug-likeness (QED) is 0.573. The van der Waals surface area contributed by atoms with Gasteiger partial charge >= 0.3 is 6.18 Å². The molecule has 8 heteroatoms. The number of aromatic nitrogens is 2. The van der Waals surface area contributed by atoms with Crippen molar-refractivity contribution in [2.75, 3.05) is 13.1 Å². The lowest BCUT2D eigenvalue weighted by molar-refractivity contribution is -0.137. The standard InChI is InChI=1S/C22H20F3N3OS/c23-22(24,25)18-10-4-8-16(13-18)21(29)28-11-5-9-17(14-28)20-27-26-19(30-20)12-15-6-2-1-3-7-15/h1-4,6-8,10,13,17H,5,9,11-12,14H2. The molecule has 0 spiro atoms. The smallest absolute Gasteiger partial charge is 0.338 e. The van der Waals surface area contributed by atoms with Gasteiger partial charge in [0.15, 0.2) is 0 Å². The fourth-order valence-electron chi connectivity index (χ4n) is 3.65. The molecule has 0 saturated carbocycles. The van der Waals surface area contributed by atoms with Gasteiger partial charge < -0.3 is 4.90 Å². The number of hydrogen-bond acceptors (Lipinski definition) is 4. The summed E-state index contributed by atoms with van der Waals surface area (Å²) in [6.07, 6.45) is -2.10. The maximum absolute atomic E-state index is 13.0. The van der Waals surface area contributed by atoms with E-state index in [1.54, 1.807) is 16.2 Å². The van der Waals surface area contributed by atoms with Crippen molar-refractivity contribution < 1.29 is 18.0 Å². The molecule has 30 heavy (non-hydrogen) atoms. The molecule has 3 aromatic rings. The fraction of sp³-hybridized carbons (Fsp3) is 0.318. The highest BCUT2D eigenvalue weighted by Gasteiger charge is 2.32. The molecule has 0 aliphatic carbocycles. The molecule has 2 heterocycles. The van der Waals surface area contributed by atoms with Crippen molar-refractivity contribution in [1.82, 2.24) is 15.1 Å². The van der Waals surface area contributed by atoms with Gasteiger partial charge in [-0.15, -0.1) is 21.5 Å². The zero-order chi connectivity index (χ0) is 21.1. The van der Waals surface area contributed by atoms with Crippen LogP contribution in [-0.4, -0.2) is 34.1 Å². The Bertz CT molecular complexity index is 1020. The number of amides is 1. The van der Waals surface area contributed by atoms with Gasteiger partial charge in [0.2, 0.25) is 0 Å². The van der Waals surface area contributed by atoms with E-state index in [0.29, 0.717) is 19.5 Å². The molecule has 1 unspecified atom stereocenters. The van der Waals surface area contributed by atoms with Crippen LogP contribution >= 0.6 is 11.3 Å². The Kier molecular flexibility index (Phi) is 5.85. The first-order valence-corrected chi connectivity index (χ1v) is 10.5. The lowest BCUT2D eigenvalue weighted by Gasteiger charge is -2.31. The first kappa shape index (κ1) is 20.5. The summed E-state index contributed by atoms with van der Waals surface area (Å²) in [5.41, 5.74) is 0.411. The largest absolute Gasteiger partial charge is 0.416 e. The highest BCUT2D eigenvalue weighted by atomic mass is 32.1. The summed E-state index contributed by atoms with van der Waals surface area (Å²) in [7, 11) is 0. The Morgan fingerprint density at radius 2 is 1.90 bits per heavy atom. The molecule has 2 aromatic carbocycles. The maximum Gasteiger partial charge on any atom is 0.416 e. The number of carbonyl (C=O) groups excluding carboxylic acids is 1. The average Bonchev–Trinajstić information content (AvgIpc) is 3.22. The van der Waals surface area contributed by atoms with Gasteiger partial charge in [-0.1, -0.05) is 36.4 Å². The predicted molar refractivity (Wildman–Crippen MR) is 108 cm³/mol. The predicted octanol–water partition coefficient (Wildman–Crippen LogP) is 5.17. The Morgan fingerprint density at radius 1 is 1.10 bits per heavy atom. The van der Waals surface area contributed by atoms with Crippen LogP contribution in [0.4, 0.5) is 13.2 Å². The SMILES string of the molecule is O=C(c1cccc(C(F)(F)F)c1)N1CCCC(c2nnc(Cc3ccccc3)s2)C1. The van der Waals surface area contributed by atoms with E-state index in [9.17, 15) is 18.0 Å². The van der Waals surface area contributed by atoms with E-state index >= 15 is 0 Å². The molecule has 1 aromatic heterocycles. The number of piperidine rings is 1. The van der Waals surface area contributed by atoms with Crippen molar-refractivity contribution in [3.63, 3.8) is 0 Å². The number of rotatable bonds is 4. The van der Waals surface area contributed by atoms with Crippen molar-refractivity contribution in [3.8, 4) is 0 Å². The molecule has 1 atom stereocenters. The molecule has 4 nitrogen and oxygen atoms in total. The number of likely N-dealkylation sites (tertiary alicyclic amines) is 1. The van der Waals surface area contributed by atoms with Crippen molar-refractivity contribution in [2.24, 2.45) is 0 Å². The van der Waals surface area contributed by atoms with E-state index in [2.05, 4.69) is 10.2 Å². The van der Waals surface area contributed by atoms with Crippen LogP contribution in [0, 0.1) is 0 Å². The van der Waals surface area contributed by atoms with Crippen LogP contribution in [0.3, 0.4) is 0 Å². The Morgan fingerprint density at radius 3 is 2.67 bits per heavy atom. The summed E-state index contributed by atoms with van der Waals surface area (Å²) in [6, 6.07) is 14.6. The van der Waals surface area contributed by atoms with Crippen molar-refractivity contribution in [2.45, 2.75) is 31.4 Å². The van der Waals surface area contributed by atoms with Gasteiger partial charge in [-0.2, -0.15) is 13.2 Å². The second-order valence-corrected chi connectivity index (χ2v) is 8.46. The normalized spacial score (nSPS) is 17.2. The topological polar surface area (TPSA) is 46.1 Å². The molecule has 1 aliphatic heterocycles. The van der Waals surface area contributed by atoms with Crippen molar-refractivity contribution >= 4 is 17.2 Å². The van der Waals surface area contributed by atoms with E-state index in [1.165, 1.54) is 12.1 Å². The minimum atomic E-state index is -4.47. The molecule has 156 valence electrons. The van der Waals surface area contributed by atoms with Crippen LogP contribution in [0.15, 0.2) is 54.6 Å². The molecule has 1 saturated heterocycles. The zero-order valence-corrected chi connectivity index (χ0v) is 16.9. The lowest BCUT2D eigenvalue weighted by Crippen LogP contribution is -2.39. The average molecular weight is 431 g/mol. The Labute approximate surface area is 176 Å². The number of alkyl halides is 3. The minimum absolute atomic E-state index is 0.0514. The van der Waals surface area contributed by atoms with Crippen molar-refractivity contribution in [1.29, 1.82) is 0 Å². The highest BCUT2D eigenvalue weighted by Crippen LogP contribution is 2.32. The second kappa shape index (κ2) is 8.55. The lowest BCUT2D eigenvalue weighted by atomic mass is 9.98. The third kappa shape index (κ3) is 4.70. The minimum Gasteiger partial charge on any atom is -0.338 e. The maximum atomic E-state index is 13.0. The summed E-state index contributed by atoms with van der Waals surface area (Å²) in [4.78, 5) is 14.5. The highest BCUT2D eigenvalue weighted by molar-refractivity contribution is 7.11. The van der Waals surface area contributed by atoms with Crippen LogP contribution in [-0.2, 0) is 12.6 Å². The van der Waals surface area contributed by atoms with Crippen LogP contribution < -0.4 is 0 Å². The number of carbonyl (C=O) groups is 1. The molecule has 4 rings (SSSR count). The Hall–Kier alpha value is -2.74. The third-order valence-corrected chi connectivity index (χ3v) is 6.26. The van der Waals surface area contributed by atoms with E-state index in [-0.39, 0.29) is 17.4 Å². The summed E-state index contributed by atoms with van der Waals surface area (Å²) in [6.45, 7) is 0.969. The molecule has 0 N–H and O–H groups in total. The molecule has 1 fully saturated rings. The zero-order valence-electron chi connectivity index (χ0n) is 16.1. The third-order valence-electron chi connectivity index (χ3n) is 5.18. The molecule has 1 amide bonds. The van der Waals surface area contributed by atoms with Crippen LogP contribution in [0.1, 0.15) is 50.3 Å². The molecular formula is C22H20F3N3OS. The monoisotopic (exact) mass is 431 g/mol. The Balaban J connectivity index is 1.45. The number of benzene rings is 2. The van der Waals surface area contributed by atoms with Crippen LogP contribution in [0.25, 0.3) is 0 Å². The molecule has 0 radical (unpaired) electrons. The van der Waals surface area contributed by atoms with Crippen LogP contribution in [0.5, 0.6) is 0 Å². The first-order valence-electron chi connectivity index (χ1n) is 9.73. The summed E-state index contributed by atoms with van der Waals surface area (Å²) in [5, 5.41) is 10.4. The summed E-state index contributed by atoms with van der Waals surface area (Å²) < 4.78 is 38.9. The van der Waals surface area contributed by atoms with Gasteiger partial charge in [-0.05, 0) is 36.6 Å². The van der Waals surface area contributed by atoms with Crippen LogP contribution in [0.2, 0.25) is 0 Å². The van der Waals surface area contributed by atoms with Gasteiger partial charge in [0.05, 0.1) is 5.56 Å². The molecular weight excluding hydrogens is 411 g/mol.